The van der Waals surface area contributed by atoms with E-state index in [-0.39, 0.29) is 23.6 Å². The molecular formula is C20H24N4O3. The van der Waals surface area contributed by atoms with Crippen molar-refractivity contribution in [3.63, 3.8) is 0 Å². The van der Waals surface area contributed by atoms with Crippen LogP contribution in [0.2, 0.25) is 0 Å². The minimum absolute atomic E-state index is 0.00362. The lowest BCUT2D eigenvalue weighted by Crippen LogP contribution is -2.46. The predicted molar refractivity (Wildman–Crippen MR) is 99.7 cm³/mol. The number of phenols is 1. The van der Waals surface area contributed by atoms with Gasteiger partial charge in [-0.1, -0.05) is 12.1 Å². The molecule has 7 nitrogen and oxygen atoms in total. The maximum absolute atomic E-state index is 12.6. The minimum Gasteiger partial charge on any atom is -0.507 e. The first-order valence-corrected chi connectivity index (χ1v) is 9.56. The van der Waals surface area contributed by atoms with Crippen LogP contribution in [-0.4, -0.2) is 50.7 Å². The summed E-state index contributed by atoms with van der Waals surface area (Å²) in [6, 6.07) is 6.64. The fraction of sp³-hybridized carbons (Fsp3) is 0.450. The van der Waals surface area contributed by atoms with Crippen molar-refractivity contribution < 1.29 is 14.7 Å². The molecule has 4 rings (SSSR count). The number of carbonyl (C=O) groups excluding carboxylic acids is 2. The second kappa shape index (κ2) is 7.42. The monoisotopic (exact) mass is 368 g/mol. The largest absolute Gasteiger partial charge is 0.507 e. The lowest BCUT2D eigenvalue weighted by molar-refractivity contribution is 0.0695. The number of hydrogen-bond donors (Lipinski definition) is 2. The third-order valence-corrected chi connectivity index (χ3v) is 5.48. The summed E-state index contributed by atoms with van der Waals surface area (Å²) in [4.78, 5) is 26.9. The van der Waals surface area contributed by atoms with E-state index in [1.165, 1.54) is 6.07 Å². The van der Waals surface area contributed by atoms with Crippen LogP contribution in [0.3, 0.4) is 0 Å². The third-order valence-electron chi connectivity index (χ3n) is 5.48. The van der Waals surface area contributed by atoms with Crippen LogP contribution < -0.4 is 5.32 Å². The zero-order valence-corrected chi connectivity index (χ0v) is 15.2. The summed E-state index contributed by atoms with van der Waals surface area (Å²) in [6.45, 7) is 2.00. The molecule has 0 radical (unpaired) electrons. The predicted octanol–water partition coefficient (Wildman–Crippen LogP) is 1.96. The van der Waals surface area contributed by atoms with Crippen LogP contribution in [0.1, 0.15) is 52.1 Å². The molecule has 7 heteroatoms. The Bertz CT molecular complexity index is 853. The average Bonchev–Trinajstić information content (AvgIpc) is 3.13. The average molecular weight is 368 g/mol. The highest BCUT2D eigenvalue weighted by atomic mass is 16.3. The Morgan fingerprint density at radius 1 is 1.07 bits per heavy atom. The van der Waals surface area contributed by atoms with Crippen LogP contribution in [0.15, 0.2) is 30.5 Å². The summed E-state index contributed by atoms with van der Waals surface area (Å²) in [5.74, 6) is -0.226. The van der Waals surface area contributed by atoms with E-state index < -0.39 is 0 Å². The molecule has 0 aliphatic carbocycles. The SMILES string of the molecule is O=C(NC1CCN(C(=O)c2ccccc2O)CC1)c1cnn2c1CCCC2. The molecule has 2 aromatic rings. The van der Waals surface area contributed by atoms with Crippen LogP contribution in [-0.2, 0) is 13.0 Å². The number of aryl methyl sites for hydroxylation is 1. The van der Waals surface area contributed by atoms with E-state index in [0.717, 1.165) is 31.5 Å². The zero-order valence-electron chi connectivity index (χ0n) is 15.2. The van der Waals surface area contributed by atoms with Crippen LogP contribution >= 0.6 is 0 Å². The number of fused-ring (bicyclic) bond motifs is 1. The Hall–Kier alpha value is -2.83. The summed E-state index contributed by atoms with van der Waals surface area (Å²) >= 11 is 0. The van der Waals surface area contributed by atoms with Gasteiger partial charge in [-0.25, -0.2) is 0 Å². The summed E-state index contributed by atoms with van der Waals surface area (Å²) in [7, 11) is 0. The number of rotatable bonds is 3. The Balaban J connectivity index is 1.34. The highest BCUT2D eigenvalue weighted by Gasteiger charge is 2.27. The first kappa shape index (κ1) is 17.6. The van der Waals surface area contributed by atoms with E-state index >= 15 is 0 Å². The number of hydrogen-bond acceptors (Lipinski definition) is 4. The molecule has 2 amide bonds. The quantitative estimate of drug-likeness (QED) is 0.867. The number of nitrogens with zero attached hydrogens (tertiary/aromatic N) is 3. The molecule has 27 heavy (non-hydrogen) atoms. The number of amides is 2. The van der Waals surface area contributed by atoms with Crippen molar-refractivity contribution in [2.45, 2.75) is 44.7 Å². The van der Waals surface area contributed by atoms with Crippen LogP contribution in [0.25, 0.3) is 0 Å². The first-order chi connectivity index (χ1) is 13.1. The molecule has 0 saturated carbocycles. The number of nitrogens with one attached hydrogen (secondary N) is 1. The molecule has 0 spiro atoms. The highest BCUT2D eigenvalue weighted by Crippen LogP contribution is 2.22. The van der Waals surface area contributed by atoms with Crippen molar-refractivity contribution in [1.29, 1.82) is 0 Å². The van der Waals surface area contributed by atoms with E-state index in [0.29, 0.717) is 37.1 Å². The van der Waals surface area contributed by atoms with Crippen LogP contribution in [0.4, 0.5) is 0 Å². The summed E-state index contributed by atoms with van der Waals surface area (Å²) in [5, 5.41) is 17.3. The Kier molecular flexibility index (Phi) is 4.83. The zero-order chi connectivity index (χ0) is 18.8. The van der Waals surface area contributed by atoms with Crippen LogP contribution in [0, 0.1) is 0 Å². The topological polar surface area (TPSA) is 87.5 Å². The van der Waals surface area contributed by atoms with E-state index in [1.807, 2.05) is 4.68 Å². The second-order valence-electron chi connectivity index (χ2n) is 7.24. The molecule has 1 aromatic heterocycles. The first-order valence-electron chi connectivity index (χ1n) is 9.56. The second-order valence-corrected chi connectivity index (χ2v) is 7.24. The van der Waals surface area contributed by atoms with E-state index in [1.54, 1.807) is 29.3 Å². The lowest BCUT2D eigenvalue weighted by Gasteiger charge is -2.32. The molecule has 0 unspecified atom stereocenters. The summed E-state index contributed by atoms with van der Waals surface area (Å²) < 4.78 is 1.94. The van der Waals surface area contributed by atoms with Gasteiger partial charge in [0.15, 0.2) is 0 Å². The fourth-order valence-electron chi connectivity index (χ4n) is 3.93. The molecular weight excluding hydrogens is 344 g/mol. The number of benzene rings is 1. The number of aromatic nitrogens is 2. The van der Waals surface area contributed by atoms with Gasteiger partial charge in [0.25, 0.3) is 11.8 Å². The molecule has 1 fully saturated rings. The van der Waals surface area contributed by atoms with Gasteiger partial charge in [-0.15, -0.1) is 0 Å². The number of aromatic hydroxyl groups is 1. The molecule has 2 N–H and O–H groups in total. The van der Waals surface area contributed by atoms with Gasteiger partial charge < -0.3 is 15.3 Å². The molecule has 0 bridgehead atoms. The van der Waals surface area contributed by atoms with Crippen molar-refractivity contribution in [3.05, 3.63) is 47.3 Å². The molecule has 1 aromatic carbocycles. The van der Waals surface area contributed by atoms with Gasteiger partial charge in [0.05, 0.1) is 23.0 Å². The molecule has 142 valence electrons. The standard InChI is InChI=1S/C20H24N4O3/c25-18-7-2-1-5-15(18)20(27)23-11-8-14(9-12-23)22-19(26)16-13-21-24-10-4-3-6-17(16)24/h1-2,5,7,13-14,25H,3-4,6,8-12H2,(H,22,26). The molecule has 1 saturated heterocycles. The Labute approximate surface area is 158 Å². The fourth-order valence-corrected chi connectivity index (χ4v) is 3.93. The Morgan fingerprint density at radius 2 is 1.85 bits per heavy atom. The van der Waals surface area contributed by atoms with Crippen molar-refractivity contribution >= 4 is 11.8 Å². The lowest BCUT2D eigenvalue weighted by atomic mass is 10.0. The number of para-hydroxylation sites is 1. The van der Waals surface area contributed by atoms with Gasteiger partial charge in [-0.05, 0) is 44.2 Å². The molecule has 3 heterocycles. The van der Waals surface area contributed by atoms with Crippen LogP contribution in [0.5, 0.6) is 5.75 Å². The van der Waals surface area contributed by atoms with E-state index in [4.69, 9.17) is 0 Å². The summed E-state index contributed by atoms with van der Waals surface area (Å²) in [6.07, 6.45) is 6.18. The van der Waals surface area contributed by atoms with Gasteiger partial charge in [0.1, 0.15) is 5.75 Å². The van der Waals surface area contributed by atoms with E-state index in [9.17, 15) is 14.7 Å². The van der Waals surface area contributed by atoms with Gasteiger partial charge in [-0.2, -0.15) is 5.10 Å². The maximum atomic E-state index is 12.6. The maximum Gasteiger partial charge on any atom is 0.257 e. The van der Waals surface area contributed by atoms with Crippen molar-refractivity contribution in [2.24, 2.45) is 0 Å². The normalized spacial score (nSPS) is 17.4. The number of likely N-dealkylation sites (tertiary alicyclic amines) is 1. The molecule has 0 atom stereocenters. The van der Waals surface area contributed by atoms with Crippen molar-refractivity contribution in [3.8, 4) is 5.75 Å². The number of phenolic OH excluding ortho intramolecular Hbond substituents is 1. The summed E-state index contributed by atoms with van der Waals surface area (Å²) in [5.41, 5.74) is 2.04. The number of carbonyl (C=O) groups is 2. The van der Waals surface area contributed by atoms with Gasteiger partial charge in [0, 0.05) is 25.7 Å². The molecule has 2 aliphatic heterocycles. The smallest absolute Gasteiger partial charge is 0.257 e. The van der Waals surface area contributed by atoms with Gasteiger partial charge in [0.2, 0.25) is 0 Å². The van der Waals surface area contributed by atoms with Crippen molar-refractivity contribution in [1.82, 2.24) is 20.0 Å². The Morgan fingerprint density at radius 3 is 2.63 bits per heavy atom. The van der Waals surface area contributed by atoms with E-state index in [2.05, 4.69) is 10.4 Å². The number of piperidine rings is 1. The highest BCUT2D eigenvalue weighted by molar-refractivity contribution is 5.97. The van der Waals surface area contributed by atoms with Crippen molar-refractivity contribution in [2.75, 3.05) is 13.1 Å². The van der Waals surface area contributed by atoms with Gasteiger partial charge >= 0.3 is 0 Å². The minimum atomic E-state index is -0.163. The van der Waals surface area contributed by atoms with Gasteiger partial charge in [-0.3, -0.25) is 14.3 Å². The molecule has 2 aliphatic rings. The third kappa shape index (κ3) is 3.54.